The van der Waals surface area contributed by atoms with E-state index < -0.39 is 5.60 Å². The second-order valence-corrected chi connectivity index (χ2v) is 7.26. The van der Waals surface area contributed by atoms with Crippen LogP contribution in [-0.4, -0.2) is 61.4 Å². The molecule has 0 aromatic rings. The van der Waals surface area contributed by atoms with E-state index in [4.69, 9.17) is 4.74 Å². The van der Waals surface area contributed by atoms with Gasteiger partial charge in [-0.2, -0.15) is 0 Å². The van der Waals surface area contributed by atoms with Gasteiger partial charge in [0.05, 0.1) is 5.60 Å². The number of carbonyl (C=O) groups excluding carboxylic acids is 1. The molecular formula is C16H30N2O3. The van der Waals surface area contributed by atoms with Gasteiger partial charge in [-0.15, -0.1) is 0 Å². The Labute approximate surface area is 128 Å². The normalized spacial score (nSPS) is 26.4. The first-order valence-corrected chi connectivity index (χ1v) is 8.12. The summed E-state index contributed by atoms with van der Waals surface area (Å²) >= 11 is 0. The van der Waals surface area contributed by atoms with Crippen LogP contribution in [0.25, 0.3) is 0 Å². The highest BCUT2D eigenvalue weighted by Crippen LogP contribution is 2.34. The molecule has 122 valence electrons. The number of hydrogen-bond donors (Lipinski definition) is 2. The summed E-state index contributed by atoms with van der Waals surface area (Å²) in [6.45, 7) is 7.60. The van der Waals surface area contributed by atoms with Gasteiger partial charge in [-0.1, -0.05) is 13.8 Å². The maximum Gasteiger partial charge on any atom is 0.228 e. The Morgan fingerprint density at radius 1 is 1.43 bits per heavy atom. The summed E-state index contributed by atoms with van der Waals surface area (Å²) in [5.41, 5.74) is -1.17. The molecule has 1 unspecified atom stereocenters. The van der Waals surface area contributed by atoms with Crippen molar-refractivity contribution in [3.63, 3.8) is 0 Å². The number of ether oxygens (including phenoxy) is 1. The number of aliphatic hydroxyl groups is 1. The lowest BCUT2D eigenvalue weighted by Crippen LogP contribution is -2.53. The molecule has 0 spiro atoms. The van der Waals surface area contributed by atoms with Crippen LogP contribution < -0.4 is 5.32 Å². The smallest absolute Gasteiger partial charge is 0.228 e. The molecule has 0 bridgehead atoms. The molecule has 0 aromatic heterocycles. The Morgan fingerprint density at radius 3 is 2.67 bits per heavy atom. The van der Waals surface area contributed by atoms with Crippen LogP contribution in [0.2, 0.25) is 0 Å². The summed E-state index contributed by atoms with van der Waals surface area (Å²) in [6.07, 6.45) is 3.44. The van der Waals surface area contributed by atoms with Crippen molar-refractivity contribution in [3.05, 3.63) is 0 Å². The van der Waals surface area contributed by atoms with Gasteiger partial charge in [0.25, 0.3) is 0 Å². The minimum atomic E-state index is -0.788. The van der Waals surface area contributed by atoms with Crippen LogP contribution >= 0.6 is 0 Å². The zero-order valence-corrected chi connectivity index (χ0v) is 13.7. The molecule has 0 aromatic carbocycles. The summed E-state index contributed by atoms with van der Waals surface area (Å²) in [7, 11) is 1.81. The molecule has 0 radical (unpaired) electrons. The quantitative estimate of drug-likeness (QED) is 0.813. The predicted molar refractivity (Wildman–Crippen MR) is 82.0 cm³/mol. The number of likely N-dealkylation sites (N-methyl/N-ethyl adjacent to an activating group) is 1. The molecule has 2 aliphatic rings. The summed E-state index contributed by atoms with van der Waals surface area (Å²) in [5, 5.41) is 14.0. The third kappa shape index (κ3) is 3.96. The van der Waals surface area contributed by atoms with Crippen LogP contribution in [0, 0.1) is 11.3 Å². The van der Waals surface area contributed by atoms with E-state index in [1.165, 1.54) is 0 Å². The lowest BCUT2D eigenvalue weighted by molar-refractivity contribution is -0.148. The van der Waals surface area contributed by atoms with Gasteiger partial charge < -0.3 is 20.1 Å². The fourth-order valence-corrected chi connectivity index (χ4v) is 3.56. The SMILES string of the molecule is CN(CC1(O)CCOCC1)C(=O)C(C)(C)C1CCCNC1. The second-order valence-electron chi connectivity index (χ2n) is 7.26. The summed E-state index contributed by atoms with van der Waals surface area (Å²) < 4.78 is 5.30. The molecule has 5 nitrogen and oxygen atoms in total. The van der Waals surface area contributed by atoms with Gasteiger partial charge in [-0.05, 0) is 31.8 Å². The molecule has 21 heavy (non-hydrogen) atoms. The molecule has 1 amide bonds. The molecular weight excluding hydrogens is 268 g/mol. The highest BCUT2D eigenvalue weighted by Gasteiger charge is 2.41. The molecule has 2 heterocycles. The number of carbonyl (C=O) groups is 1. The fourth-order valence-electron chi connectivity index (χ4n) is 3.56. The molecule has 2 rings (SSSR count). The van der Waals surface area contributed by atoms with E-state index >= 15 is 0 Å². The lowest BCUT2D eigenvalue weighted by atomic mass is 9.74. The van der Waals surface area contributed by atoms with Crippen LogP contribution in [0.4, 0.5) is 0 Å². The molecule has 0 saturated carbocycles. The highest BCUT2D eigenvalue weighted by atomic mass is 16.5. The number of nitrogens with one attached hydrogen (secondary N) is 1. The number of hydrogen-bond acceptors (Lipinski definition) is 4. The first-order valence-electron chi connectivity index (χ1n) is 8.12. The molecule has 2 saturated heterocycles. The third-order valence-electron chi connectivity index (χ3n) is 5.17. The number of amides is 1. The summed E-state index contributed by atoms with van der Waals surface area (Å²) in [6, 6.07) is 0. The van der Waals surface area contributed by atoms with Crippen LogP contribution in [0.5, 0.6) is 0 Å². The molecule has 2 aliphatic heterocycles. The van der Waals surface area contributed by atoms with Gasteiger partial charge in [0.1, 0.15) is 0 Å². The van der Waals surface area contributed by atoms with Crippen molar-refractivity contribution in [1.82, 2.24) is 10.2 Å². The van der Waals surface area contributed by atoms with Crippen LogP contribution in [0.1, 0.15) is 39.5 Å². The standard InChI is InChI=1S/C16H30N2O3/c1-15(2,13-5-4-8-17-11-13)14(19)18(3)12-16(20)6-9-21-10-7-16/h13,17,20H,4-12H2,1-3H3. The number of rotatable bonds is 4. The number of nitrogens with zero attached hydrogens (tertiary/aromatic N) is 1. The van der Waals surface area contributed by atoms with E-state index in [-0.39, 0.29) is 11.3 Å². The van der Waals surface area contributed by atoms with Crippen molar-refractivity contribution in [2.75, 3.05) is 39.9 Å². The molecule has 0 aliphatic carbocycles. The first-order chi connectivity index (χ1) is 9.85. The number of piperidine rings is 1. The van der Waals surface area contributed by atoms with Crippen LogP contribution in [0.15, 0.2) is 0 Å². The zero-order chi connectivity index (χ0) is 15.5. The van der Waals surface area contributed by atoms with Crippen molar-refractivity contribution < 1.29 is 14.6 Å². The monoisotopic (exact) mass is 298 g/mol. The van der Waals surface area contributed by atoms with Crippen molar-refractivity contribution in [2.24, 2.45) is 11.3 Å². The fraction of sp³-hybridized carbons (Fsp3) is 0.938. The van der Waals surface area contributed by atoms with E-state index in [0.29, 0.717) is 38.5 Å². The van der Waals surface area contributed by atoms with Gasteiger partial charge in [0.2, 0.25) is 5.91 Å². The highest BCUT2D eigenvalue weighted by molar-refractivity contribution is 5.82. The average molecular weight is 298 g/mol. The van der Waals surface area contributed by atoms with E-state index in [1.54, 1.807) is 4.90 Å². The van der Waals surface area contributed by atoms with E-state index in [0.717, 1.165) is 25.9 Å². The molecule has 2 N–H and O–H groups in total. The summed E-state index contributed by atoms with van der Waals surface area (Å²) in [5.74, 6) is 0.502. The zero-order valence-electron chi connectivity index (χ0n) is 13.7. The predicted octanol–water partition coefficient (Wildman–Crippen LogP) is 1.01. The summed E-state index contributed by atoms with van der Waals surface area (Å²) in [4.78, 5) is 14.6. The first kappa shape index (κ1) is 16.7. The second kappa shape index (κ2) is 6.63. The van der Waals surface area contributed by atoms with E-state index in [2.05, 4.69) is 5.32 Å². The largest absolute Gasteiger partial charge is 0.388 e. The topological polar surface area (TPSA) is 61.8 Å². The van der Waals surface area contributed by atoms with Crippen LogP contribution in [0.3, 0.4) is 0 Å². The Bertz CT molecular complexity index is 359. The Hall–Kier alpha value is -0.650. The van der Waals surface area contributed by atoms with Crippen molar-refractivity contribution in [1.29, 1.82) is 0 Å². The average Bonchev–Trinajstić information content (AvgIpc) is 2.47. The van der Waals surface area contributed by atoms with Crippen molar-refractivity contribution in [2.45, 2.75) is 45.1 Å². The Morgan fingerprint density at radius 2 is 2.10 bits per heavy atom. The minimum Gasteiger partial charge on any atom is -0.388 e. The maximum atomic E-state index is 12.8. The third-order valence-corrected chi connectivity index (χ3v) is 5.17. The van der Waals surface area contributed by atoms with E-state index in [9.17, 15) is 9.90 Å². The Balaban J connectivity index is 1.96. The maximum absolute atomic E-state index is 12.8. The Kier molecular flexibility index (Phi) is 5.28. The van der Waals surface area contributed by atoms with Gasteiger partial charge in [0.15, 0.2) is 0 Å². The van der Waals surface area contributed by atoms with Gasteiger partial charge in [-0.25, -0.2) is 0 Å². The van der Waals surface area contributed by atoms with Gasteiger partial charge >= 0.3 is 0 Å². The molecule has 5 heteroatoms. The van der Waals surface area contributed by atoms with Crippen molar-refractivity contribution in [3.8, 4) is 0 Å². The van der Waals surface area contributed by atoms with Crippen molar-refractivity contribution >= 4 is 5.91 Å². The van der Waals surface area contributed by atoms with Gasteiger partial charge in [-0.3, -0.25) is 4.79 Å². The van der Waals surface area contributed by atoms with Gasteiger partial charge in [0, 0.05) is 45.1 Å². The lowest BCUT2D eigenvalue weighted by Gasteiger charge is -2.41. The molecule has 1 atom stereocenters. The minimum absolute atomic E-state index is 0.135. The van der Waals surface area contributed by atoms with E-state index in [1.807, 2.05) is 20.9 Å². The molecule has 2 fully saturated rings. The van der Waals surface area contributed by atoms with Crippen LogP contribution in [-0.2, 0) is 9.53 Å².